The summed E-state index contributed by atoms with van der Waals surface area (Å²) in [5.74, 6) is -2.40. The molecule has 2 heterocycles. The van der Waals surface area contributed by atoms with Crippen LogP contribution in [0.5, 0.6) is 11.5 Å². The van der Waals surface area contributed by atoms with Crippen LogP contribution in [-0.2, 0) is 25.0 Å². The van der Waals surface area contributed by atoms with Crippen molar-refractivity contribution >= 4 is 14.1 Å². The lowest BCUT2D eigenvalue weighted by molar-refractivity contribution is -0.180. The summed E-state index contributed by atoms with van der Waals surface area (Å²) in [6.07, 6.45) is -4.07. The van der Waals surface area contributed by atoms with Crippen LogP contribution >= 0.6 is 0 Å². The molecule has 0 bridgehead atoms. The molecule has 12 heteroatoms. The molecule has 7 aromatic rings. The van der Waals surface area contributed by atoms with Crippen molar-refractivity contribution in [3.8, 4) is 11.5 Å². The largest absolute Gasteiger partial charge is 0.497 e. The zero-order chi connectivity index (χ0) is 47.5. The quantitative estimate of drug-likeness (QED) is 0.0757. The van der Waals surface area contributed by atoms with Gasteiger partial charge in [-0.05, 0) is 81.8 Å². The van der Waals surface area contributed by atoms with E-state index in [-0.39, 0.29) is 17.5 Å². The van der Waals surface area contributed by atoms with Gasteiger partial charge in [0.05, 0.1) is 20.8 Å². The average molecular weight is 922 g/mol. The molecule has 0 amide bonds. The smallest absolute Gasteiger partial charge is 0.351 e. The third-order valence-electron chi connectivity index (χ3n) is 13.3. The number of benzene rings is 6. The molecule has 1 aliphatic heterocycles. The van der Waals surface area contributed by atoms with Gasteiger partial charge < -0.3 is 28.7 Å². The molecule has 9 nitrogen and oxygen atoms in total. The standard InChI is InChI=1S/C55H57F2N3O6Si/c1-52(2,3)67(6,7)64-38-47-49(66-54(42-24-16-10-17-25-42,43-26-18-11-19-27-43)44-30-34-46(63-5)35-31-44)55(56,57)50(65-47)60-37-36-48(58-51(60)61)59-53(39-20-12-8-13-21-39,40-22-14-9-15-23-40)41-28-32-45(62-4)33-29-41/h8-37,47,49-50H,38H2,1-7H3,(H,58,59,61)/t47-,49-,50?/m1/s1. The molecule has 1 fully saturated rings. The Balaban J connectivity index is 1.24. The summed E-state index contributed by atoms with van der Waals surface area (Å²) in [6, 6.07) is 54.5. The van der Waals surface area contributed by atoms with E-state index in [0.717, 1.165) is 21.3 Å². The van der Waals surface area contributed by atoms with Gasteiger partial charge in [-0.1, -0.05) is 166 Å². The van der Waals surface area contributed by atoms with E-state index < -0.39 is 49.5 Å². The maximum absolute atomic E-state index is 18.0. The van der Waals surface area contributed by atoms with Crippen molar-refractivity contribution in [2.75, 3.05) is 26.1 Å². The molecule has 0 aliphatic carbocycles. The number of halogens is 2. The number of methoxy groups -OCH3 is 2. The number of alkyl halides is 2. The van der Waals surface area contributed by atoms with Gasteiger partial charge in [0.25, 0.3) is 0 Å². The molecule has 8 rings (SSSR count). The Morgan fingerprint density at radius 2 is 1.06 bits per heavy atom. The molecule has 0 saturated carbocycles. The molecule has 1 aromatic heterocycles. The molecule has 1 N–H and O–H groups in total. The Morgan fingerprint density at radius 3 is 1.49 bits per heavy atom. The van der Waals surface area contributed by atoms with Crippen LogP contribution in [0.1, 0.15) is 60.4 Å². The van der Waals surface area contributed by atoms with Crippen LogP contribution in [-0.4, -0.2) is 56.8 Å². The predicted molar refractivity (Wildman–Crippen MR) is 261 cm³/mol. The Morgan fingerprint density at radius 1 is 0.642 bits per heavy atom. The minimum atomic E-state index is -3.82. The van der Waals surface area contributed by atoms with E-state index in [1.54, 1.807) is 26.4 Å². The normalized spacial score (nSPS) is 17.5. The second-order valence-corrected chi connectivity index (χ2v) is 23.1. The summed E-state index contributed by atoms with van der Waals surface area (Å²) < 4.78 is 68.1. The molecule has 346 valence electrons. The molecule has 1 unspecified atom stereocenters. The summed E-state index contributed by atoms with van der Waals surface area (Å²) in [6.45, 7) is 10.1. The van der Waals surface area contributed by atoms with Gasteiger partial charge in [0.2, 0.25) is 6.23 Å². The molecular weight excluding hydrogens is 865 g/mol. The first-order valence-electron chi connectivity index (χ1n) is 22.4. The molecule has 0 radical (unpaired) electrons. The van der Waals surface area contributed by atoms with Gasteiger partial charge >= 0.3 is 11.6 Å². The average Bonchev–Trinajstić information content (AvgIpc) is 3.60. The predicted octanol–water partition coefficient (Wildman–Crippen LogP) is 11.6. The van der Waals surface area contributed by atoms with Crippen molar-refractivity contribution < 1.29 is 32.2 Å². The van der Waals surface area contributed by atoms with Crippen molar-refractivity contribution in [3.63, 3.8) is 0 Å². The monoisotopic (exact) mass is 921 g/mol. The number of aromatic nitrogens is 2. The number of nitrogens with zero attached hydrogens (tertiary/aromatic N) is 2. The van der Waals surface area contributed by atoms with Crippen LogP contribution in [0.15, 0.2) is 187 Å². The molecule has 3 atom stereocenters. The third-order valence-corrected chi connectivity index (χ3v) is 17.8. The van der Waals surface area contributed by atoms with E-state index in [0.29, 0.717) is 28.2 Å². The maximum atomic E-state index is 18.0. The topological polar surface area (TPSA) is 93.1 Å². The fourth-order valence-electron chi connectivity index (χ4n) is 8.61. The van der Waals surface area contributed by atoms with Crippen molar-refractivity contribution in [1.82, 2.24) is 9.55 Å². The van der Waals surface area contributed by atoms with Crippen molar-refractivity contribution in [1.29, 1.82) is 0 Å². The Hall–Kier alpha value is -6.44. The summed E-state index contributed by atoms with van der Waals surface area (Å²) >= 11 is 0. The summed E-state index contributed by atoms with van der Waals surface area (Å²) in [5.41, 5.74) is 0.712. The lowest BCUT2D eigenvalue weighted by Gasteiger charge is -2.41. The molecule has 0 spiro atoms. The number of nitrogens with one attached hydrogen (secondary N) is 1. The van der Waals surface area contributed by atoms with Crippen LogP contribution < -0.4 is 20.5 Å². The highest BCUT2D eigenvalue weighted by atomic mass is 28.4. The van der Waals surface area contributed by atoms with Gasteiger partial charge in [0.1, 0.15) is 34.6 Å². The number of hydrogen-bond acceptors (Lipinski definition) is 8. The van der Waals surface area contributed by atoms with E-state index in [4.69, 9.17) is 23.4 Å². The fourth-order valence-corrected chi connectivity index (χ4v) is 9.62. The van der Waals surface area contributed by atoms with Crippen LogP contribution in [0.25, 0.3) is 0 Å². The maximum Gasteiger partial charge on any atom is 0.351 e. The van der Waals surface area contributed by atoms with E-state index in [2.05, 4.69) is 44.2 Å². The van der Waals surface area contributed by atoms with E-state index >= 15 is 8.78 Å². The Bertz CT molecular complexity index is 2690. The third kappa shape index (κ3) is 9.06. The zero-order valence-electron chi connectivity index (χ0n) is 38.9. The first-order valence-corrected chi connectivity index (χ1v) is 25.3. The van der Waals surface area contributed by atoms with Crippen LogP contribution in [0, 0.1) is 0 Å². The second kappa shape index (κ2) is 19.0. The van der Waals surface area contributed by atoms with Crippen LogP contribution in [0.4, 0.5) is 14.6 Å². The van der Waals surface area contributed by atoms with Gasteiger partial charge in [0, 0.05) is 6.20 Å². The highest BCUT2D eigenvalue weighted by Crippen LogP contribution is 2.51. The van der Waals surface area contributed by atoms with Crippen molar-refractivity contribution in [2.24, 2.45) is 0 Å². The number of hydrogen-bond donors (Lipinski definition) is 1. The van der Waals surface area contributed by atoms with Crippen molar-refractivity contribution in [3.05, 3.63) is 226 Å². The van der Waals surface area contributed by atoms with Crippen molar-refractivity contribution in [2.45, 2.75) is 74.4 Å². The Kier molecular flexibility index (Phi) is 13.4. The molecule has 1 aliphatic rings. The van der Waals surface area contributed by atoms with Gasteiger partial charge in [-0.3, -0.25) is 4.57 Å². The molecule has 67 heavy (non-hydrogen) atoms. The first kappa shape index (κ1) is 47.1. The minimum Gasteiger partial charge on any atom is -0.497 e. The number of rotatable bonds is 16. The van der Waals surface area contributed by atoms with E-state index in [9.17, 15) is 4.79 Å². The highest BCUT2D eigenvalue weighted by Gasteiger charge is 2.64. The molecular formula is C55H57F2N3O6Si. The van der Waals surface area contributed by atoms with Gasteiger partial charge in [-0.2, -0.15) is 13.8 Å². The summed E-state index contributed by atoms with van der Waals surface area (Å²) in [7, 11) is 0.642. The zero-order valence-corrected chi connectivity index (χ0v) is 39.9. The van der Waals surface area contributed by atoms with Gasteiger partial charge in [-0.15, -0.1) is 0 Å². The SMILES string of the molecule is COc1ccc(C(Nc2ccn(C3O[C@H](CO[Si](C)(C)C(C)(C)C)[C@@H](OC(c4ccccc4)(c4ccccc4)c4ccc(OC)cc4)C3(F)F)c(=O)n2)(c2ccccc2)c2ccccc2)cc1. The lowest BCUT2D eigenvalue weighted by Crippen LogP contribution is -2.50. The second-order valence-electron chi connectivity index (χ2n) is 18.3. The molecule has 1 saturated heterocycles. The molecule has 6 aromatic carbocycles. The summed E-state index contributed by atoms with van der Waals surface area (Å²) in [5, 5.41) is 3.34. The number of ether oxygens (including phenoxy) is 4. The minimum absolute atomic E-state index is 0.156. The summed E-state index contributed by atoms with van der Waals surface area (Å²) in [4.78, 5) is 18.9. The fraction of sp³-hybridized carbons (Fsp3) is 0.273. The lowest BCUT2D eigenvalue weighted by atomic mass is 9.77. The highest BCUT2D eigenvalue weighted by molar-refractivity contribution is 6.74. The van der Waals surface area contributed by atoms with E-state index in [1.807, 2.05) is 158 Å². The number of anilines is 1. The van der Waals surface area contributed by atoms with Gasteiger partial charge in [0.15, 0.2) is 14.4 Å². The van der Waals surface area contributed by atoms with Crippen LogP contribution in [0.3, 0.4) is 0 Å². The first-order chi connectivity index (χ1) is 32.1. The van der Waals surface area contributed by atoms with E-state index in [1.165, 1.54) is 12.3 Å². The van der Waals surface area contributed by atoms with Gasteiger partial charge in [-0.25, -0.2) is 4.79 Å². The Labute approximate surface area is 392 Å². The van der Waals surface area contributed by atoms with Crippen LogP contribution in [0.2, 0.25) is 18.1 Å².